The van der Waals surface area contributed by atoms with Gasteiger partial charge in [0.05, 0.1) is 12.2 Å². The van der Waals surface area contributed by atoms with Crippen molar-refractivity contribution in [3.63, 3.8) is 0 Å². The molecule has 2 atom stereocenters. The molecule has 0 amide bonds. The molecule has 0 aliphatic carbocycles. The zero-order valence-corrected chi connectivity index (χ0v) is 20.2. The third kappa shape index (κ3) is 12.1. The molecule has 0 aromatic heterocycles. The monoisotopic (exact) mass is 422 g/mol. The van der Waals surface area contributed by atoms with Crippen LogP contribution in [-0.4, -0.2) is 12.2 Å². The van der Waals surface area contributed by atoms with Gasteiger partial charge in [0.1, 0.15) is 0 Å². The molecule has 0 heterocycles. The van der Waals surface area contributed by atoms with Gasteiger partial charge in [0.25, 0.3) is 0 Å². The van der Waals surface area contributed by atoms with E-state index in [1.165, 1.54) is 88.2 Å². The molecule has 2 aromatic carbocycles. The van der Waals surface area contributed by atoms with Gasteiger partial charge in [-0.2, -0.15) is 0 Å². The third-order valence-electron chi connectivity index (χ3n) is 6.26. The molecule has 0 spiro atoms. The standard InChI is InChI=1S/C30H46O/c1-3-5-7-9-17-23-29(25-27-19-13-11-14-20-27)31-30(24-18-10-8-6-4-2)26-28-21-15-12-16-22-28/h11-16,19-22,29-30H,3-10,17-18,23-26H2,1-2H3. The van der Waals surface area contributed by atoms with Gasteiger partial charge in [-0.15, -0.1) is 0 Å². The van der Waals surface area contributed by atoms with Gasteiger partial charge < -0.3 is 4.74 Å². The molecule has 0 N–H and O–H groups in total. The largest absolute Gasteiger partial charge is 0.374 e. The number of hydrogen-bond acceptors (Lipinski definition) is 1. The summed E-state index contributed by atoms with van der Waals surface area (Å²) in [4.78, 5) is 0. The van der Waals surface area contributed by atoms with Gasteiger partial charge in [-0.3, -0.25) is 0 Å². The lowest BCUT2D eigenvalue weighted by atomic mass is 9.99. The normalized spacial score (nSPS) is 13.2. The van der Waals surface area contributed by atoms with Crippen molar-refractivity contribution in [2.45, 2.75) is 116 Å². The van der Waals surface area contributed by atoms with Crippen LogP contribution in [0.3, 0.4) is 0 Å². The zero-order chi connectivity index (χ0) is 22.0. The topological polar surface area (TPSA) is 9.23 Å². The number of hydrogen-bond donors (Lipinski definition) is 0. The summed E-state index contributed by atoms with van der Waals surface area (Å²) in [5, 5.41) is 0. The van der Waals surface area contributed by atoms with Crippen LogP contribution < -0.4 is 0 Å². The Kier molecular flexibility index (Phi) is 14.1. The molecule has 0 aliphatic rings. The second-order valence-electron chi connectivity index (χ2n) is 9.17. The SMILES string of the molecule is CCCCCCCC(Cc1ccccc1)OC(CCCCCCC)Cc1ccccc1. The second kappa shape index (κ2) is 17.0. The number of benzene rings is 2. The molecular formula is C30H46O. The second-order valence-corrected chi connectivity index (χ2v) is 9.17. The molecule has 1 nitrogen and oxygen atoms in total. The first-order chi connectivity index (χ1) is 15.3. The summed E-state index contributed by atoms with van der Waals surface area (Å²) in [6, 6.07) is 21.9. The van der Waals surface area contributed by atoms with E-state index in [9.17, 15) is 0 Å². The van der Waals surface area contributed by atoms with Gasteiger partial charge in [0.2, 0.25) is 0 Å². The van der Waals surface area contributed by atoms with Crippen LogP contribution in [0.2, 0.25) is 0 Å². The van der Waals surface area contributed by atoms with E-state index < -0.39 is 0 Å². The van der Waals surface area contributed by atoms with Crippen LogP contribution in [0.4, 0.5) is 0 Å². The van der Waals surface area contributed by atoms with Crippen molar-refractivity contribution in [1.82, 2.24) is 0 Å². The Morgan fingerprint density at radius 3 is 1.29 bits per heavy atom. The third-order valence-corrected chi connectivity index (χ3v) is 6.26. The maximum atomic E-state index is 6.87. The lowest BCUT2D eigenvalue weighted by Crippen LogP contribution is -2.26. The first-order valence-corrected chi connectivity index (χ1v) is 13.0. The molecule has 0 saturated heterocycles. The average Bonchev–Trinajstić information content (AvgIpc) is 2.80. The summed E-state index contributed by atoms with van der Waals surface area (Å²) in [6.07, 6.45) is 18.4. The van der Waals surface area contributed by atoms with E-state index in [-0.39, 0.29) is 0 Å². The molecule has 0 fully saturated rings. The maximum Gasteiger partial charge on any atom is 0.0619 e. The van der Waals surface area contributed by atoms with E-state index in [4.69, 9.17) is 4.74 Å². The fourth-order valence-electron chi connectivity index (χ4n) is 4.41. The summed E-state index contributed by atoms with van der Waals surface area (Å²) >= 11 is 0. The number of rotatable bonds is 18. The first-order valence-electron chi connectivity index (χ1n) is 13.0. The fraction of sp³-hybridized carbons (Fsp3) is 0.600. The van der Waals surface area contributed by atoms with Crippen molar-refractivity contribution in [2.75, 3.05) is 0 Å². The van der Waals surface area contributed by atoms with Crippen LogP contribution in [-0.2, 0) is 17.6 Å². The minimum absolute atomic E-state index is 0.327. The zero-order valence-electron chi connectivity index (χ0n) is 20.2. The highest BCUT2D eigenvalue weighted by atomic mass is 16.5. The Labute approximate surface area is 192 Å². The van der Waals surface area contributed by atoms with Gasteiger partial charge in [0, 0.05) is 0 Å². The Hall–Kier alpha value is -1.60. The smallest absolute Gasteiger partial charge is 0.0619 e. The van der Waals surface area contributed by atoms with Gasteiger partial charge in [0.15, 0.2) is 0 Å². The summed E-state index contributed by atoms with van der Waals surface area (Å²) in [7, 11) is 0. The van der Waals surface area contributed by atoms with E-state index in [0.29, 0.717) is 12.2 Å². The highest BCUT2D eigenvalue weighted by molar-refractivity contribution is 5.16. The van der Waals surface area contributed by atoms with Gasteiger partial charge in [-0.1, -0.05) is 139 Å². The van der Waals surface area contributed by atoms with Gasteiger partial charge >= 0.3 is 0 Å². The van der Waals surface area contributed by atoms with E-state index in [1.54, 1.807) is 0 Å². The minimum Gasteiger partial charge on any atom is -0.374 e. The highest BCUT2D eigenvalue weighted by Crippen LogP contribution is 2.21. The molecule has 0 aliphatic heterocycles. The van der Waals surface area contributed by atoms with Crippen molar-refractivity contribution < 1.29 is 4.74 Å². The van der Waals surface area contributed by atoms with E-state index in [1.807, 2.05) is 0 Å². The summed E-state index contributed by atoms with van der Waals surface area (Å²) in [5.74, 6) is 0. The Bertz CT molecular complexity index is 578. The molecule has 172 valence electrons. The summed E-state index contributed by atoms with van der Waals surface area (Å²) < 4.78 is 6.87. The summed E-state index contributed by atoms with van der Waals surface area (Å²) in [6.45, 7) is 4.58. The molecular weight excluding hydrogens is 376 g/mol. The van der Waals surface area contributed by atoms with Crippen molar-refractivity contribution in [1.29, 1.82) is 0 Å². The van der Waals surface area contributed by atoms with Crippen molar-refractivity contribution in [3.8, 4) is 0 Å². The molecule has 2 unspecified atom stereocenters. The number of unbranched alkanes of at least 4 members (excludes halogenated alkanes) is 8. The molecule has 0 saturated carbocycles. The minimum atomic E-state index is 0.327. The predicted octanol–water partition coefficient (Wildman–Crippen LogP) is 8.95. The van der Waals surface area contributed by atoms with Crippen LogP contribution in [0.5, 0.6) is 0 Å². The molecule has 1 heteroatoms. The van der Waals surface area contributed by atoms with Crippen LogP contribution in [0, 0.1) is 0 Å². The van der Waals surface area contributed by atoms with Crippen LogP contribution in [0.1, 0.15) is 102 Å². The summed E-state index contributed by atoms with van der Waals surface area (Å²) in [5.41, 5.74) is 2.81. The highest BCUT2D eigenvalue weighted by Gasteiger charge is 2.18. The Balaban J connectivity index is 1.97. The van der Waals surface area contributed by atoms with E-state index in [0.717, 1.165) is 12.8 Å². The van der Waals surface area contributed by atoms with Crippen LogP contribution in [0.15, 0.2) is 60.7 Å². The van der Waals surface area contributed by atoms with Crippen molar-refractivity contribution >= 4 is 0 Å². The molecule has 0 bridgehead atoms. The average molecular weight is 423 g/mol. The van der Waals surface area contributed by atoms with Gasteiger partial charge in [-0.25, -0.2) is 0 Å². The van der Waals surface area contributed by atoms with E-state index >= 15 is 0 Å². The molecule has 2 rings (SSSR count). The van der Waals surface area contributed by atoms with Gasteiger partial charge in [-0.05, 0) is 36.8 Å². The Morgan fingerprint density at radius 2 is 0.903 bits per heavy atom. The maximum absolute atomic E-state index is 6.87. The van der Waals surface area contributed by atoms with E-state index in [2.05, 4.69) is 74.5 Å². The number of ether oxygens (including phenoxy) is 1. The van der Waals surface area contributed by atoms with Crippen LogP contribution >= 0.6 is 0 Å². The lowest BCUT2D eigenvalue weighted by molar-refractivity contribution is -0.0217. The molecule has 0 radical (unpaired) electrons. The van der Waals surface area contributed by atoms with Crippen molar-refractivity contribution in [2.24, 2.45) is 0 Å². The molecule has 31 heavy (non-hydrogen) atoms. The molecule has 2 aromatic rings. The predicted molar refractivity (Wildman–Crippen MR) is 136 cm³/mol. The first kappa shape index (κ1) is 25.7. The quantitative estimate of drug-likeness (QED) is 0.218. The van der Waals surface area contributed by atoms with Crippen molar-refractivity contribution in [3.05, 3.63) is 71.8 Å². The fourth-order valence-corrected chi connectivity index (χ4v) is 4.41. The Morgan fingerprint density at radius 1 is 0.516 bits per heavy atom. The lowest BCUT2D eigenvalue weighted by Gasteiger charge is -2.26. The van der Waals surface area contributed by atoms with Crippen LogP contribution in [0.25, 0.3) is 0 Å².